The van der Waals surface area contributed by atoms with Crippen molar-refractivity contribution in [2.24, 2.45) is 4.99 Å². The SMILES string of the molecule is CCOc1cc(C=Nc2ccc(C)cc2)cc(Cl)c1OCC(=O)Nc1ccc(C)c(Cl)c1. The summed E-state index contributed by atoms with van der Waals surface area (Å²) >= 11 is 12.5. The smallest absolute Gasteiger partial charge is 0.262 e. The number of aliphatic imine (C=N–C) groups is 1. The standard InChI is InChI=1S/C25H24Cl2N2O3/c1-4-31-23-12-18(14-28-19-8-5-16(2)6-9-19)11-22(27)25(23)32-15-24(30)29-20-10-7-17(3)21(26)13-20/h5-14H,4,15H2,1-3H3,(H,29,30). The average molecular weight is 471 g/mol. The first-order valence-corrected chi connectivity index (χ1v) is 10.9. The fourth-order valence-corrected chi connectivity index (χ4v) is 3.31. The van der Waals surface area contributed by atoms with Gasteiger partial charge in [0.25, 0.3) is 5.91 Å². The van der Waals surface area contributed by atoms with Gasteiger partial charge in [0.1, 0.15) is 0 Å². The van der Waals surface area contributed by atoms with Gasteiger partial charge < -0.3 is 14.8 Å². The molecule has 166 valence electrons. The summed E-state index contributed by atoms with van der Waals surface area (Å²) in [6.07, 6.45) is 1.71. The monoisotopic (exact) mass is 470 g/mol. The van der Waals surface area contributed by atoms with Gasteiger partial charge in [0.2, 0.25) is 0 Å². The van der Waals surface area contributed by atoms with Crippen molar-refractivity contribution >= 4 is 46.7 Å². The highest BCUT2D eigenvalue weighted by atomic mass is 35.5. The van der Waals surface area contributed by atoms with Crippen LogP contribution in [0.15, 0.2) is 59.6 Å². The van der Waals surface area contributed by atoms with Gasteiger partial charge in [-0.3, -0.25) is 9.79 Å². The van der Waals surface area contributed by atoms with Crippen LogP contribution < -0.4 is 14.8 Å². The number of amides is 1. The molecule has 0 aliphatic rings. The van der Waals surface area contributed by atoms with E-state index in [-0.39, 0.29) is 12.5 Å². The summed E-state index contributed by atoms with van der Waals surface area (Å²) in [6.45, 7) is 5.96. The summed E-state index contributed by atoms with van der Waals surface area (Å²) in [5.41, 5.74) is 4.28. The summed E-state index contributed by atoms with van der Waals surface area (Å²) in [7, 11) is 0. The summed E-state index contributed by atoms with van der Waals surface area (Å²) in [4.78, 5) is 16.8. The van der Waals surface area contributed by atoms with E-state index in [1.165, 1.54) is 5.56 Å². The molecule has 7 heteroatoms. The third-order valence-corrected chi connectivity index (χ3v) is 5.22. The highest BCUT2D eigenvalue weighted by molar-refractivity contribution is 6.32. The number of hydrogen-bond donors (Lipinski definition) is 1. The fraction of sp³-hybridized carbons (Fsp3) is 0.200. The van der Waals surface area contributed by atoms with Crippen LogP contribution in [0.2, 0.25) is 10.0 Å². The van der Waals surface area contributed by atoms with Gasteiger partial charge in [0.05, 0.1) is 17.3 Å². The van der Waals surface area contributed by atoms with Gasteiger partial charge in [-0.15, -0.1) is 0 Å². The molecular weight excluding hydrogens is 447 g/mol. The number of carbonyl (C=O) groups is 1. The molecule has 3 aromatic rings. The Labute approximate surface area is 198 Å². The zero-order valence-corrected chi connectivity index (χ0v) is 19.6. The number of anilines is 1. The molecule has 0 heterocycles. The molecule has 0 aliphatic carbocycles. The minimum absolute atomic E-state index is 0.234. The first-order chi connectivity index (χ1) is 15.4. The maximum Gasteiger partial charge on any atom is 0.262 e. The van der Waals surface area contributed by atoms with Gasteiger partial charge in [-0.2, -0.15) is 0 Å². The molecule has 0 fully saturated rings. The number of ether oxygens (including phenoxy) is 2. The molecule has 0 saturated heterocycles. The third-order valence-electron chi connectivity index (χ3n) is 4.53. The molecular formula is C25H24Cl2N2O3. The number of carbonyl (C=O) groups excluding carboxylic acids is 1. The van der Waals surface area contributed by atoms with Crippen LogP contribution in [0.1, 0.15) is 23.6 Å². The third kappa shape index (κ3) is 6.49. The Kier molecular flexibility index (Phi) is 8.14. The number of nitrogens with one attached hydrogen (secondary N) is 1. The van der Waals surface area contributed by atoms with E-state index in [4.69, 9.17) is 32.7 Å². The molecule has 0 bridgehead atoms. The van der Waals surface area contributed by atoms with Crippen molar-refractivity contribution in [2.45, 2.75) is 20.8 Å². The lowest BCUT2D eigenvalue weighted by Gasteiger charge is -2.14. The molecule has 32 heavy (non-hydrogen) atoms. The Morgan fingerprint density at radius 2 is 1.75 bits per heavy atom. The van der Waals surface area contributed by atoms with Gasteiger partial charge in [-0.25, -0.2) is 0 Å². The zero-order chi connectivity index (χ0) is 23.1. The van der Waals surface area contributed by atoms with E-state index in [1.807, 2.05) is 51.1 Å². The summed E-state index contributed by atoms with van der Waals surface area (Å²) < 4.78 is 11.4. The Morgan fingerprint density at radius 1 is 1.00 bits per heavy atom. The molecule has 0 spiro atoms. The topological polar surface area (TPSA) is 59.9 Å². The molecule has 0 atom stereocenters. The van der Waals surface area contributed by atoms with Gasteiger partial charge in [0.15, 0.2) is 18.1 Å². The van der Waals surface area contributed by atoms with Gasteiger partial charge in [0, 0.05) is 16.9 Å². The second kappa shape index (κ2) is 11.0. The number of halogens is 2. The largest absolute Gasteiger partial charge is 0.490 e. The predicted octanol–water partition coefficient (Wildman–Crippen LogP) is 6.78. The number of nitrogens with zero attached hydrogens (tertiary/aromatic N) is 1. The lowest BCUT2D eigenvalue weighted by atomic mass is 10.2. The van der Waals surface area contributed by atoms with Crippen LogP contribution in [-0.2, 0) is 4.79 Å². The van der Waals surface area contributed by atoms with Crippen molar-refractivity contribution < 1.29 is 14.3 Å². The molecule has 0 aromatic heterocycles. The van der Waals surface area contributed by atoms with Crippen LogP contribution >= 0.6 is 23.2 Å². The van der Waals surface area contributed by atoms with E-state index in [1.54, 1.807) is 30.5 Å². The first-order valence-electron chi connectivity index (χ1n) is 10.1. The second-order valence-electron chi connectivity index (χ2n) is 7.16. The van der Waals surface area contributed by atoms with Crippen LogP contribution in [0.5, 0.6) is 11.5 Å². The minimum atomic E-state index is -0.339. The zero-order valence-electron chi connectivity index (χ0n) is 18.1. The second-order valence-corrected chi connectivity index (χ2v) is 7.97. The number of rotatable bonds is 8. The summed E-state index contributed by atoms with van der Waals surface area (Å²) in [5, 5.41) is 3.65. The molecule has 0 aliphatic heterocycles. The molecule has 5 nitrogen and oxygen atoms in total. The van der Waals surface area contributed by atoms with Crippen molar-refractivity contribution in [1.82, 2.24) is 0 Å². The Hall–Kier alpha value is -3.02. The number of aryl methyl sites for hydroxylation is 2. The van der Waals surface area contributed by atoms with Crippen molar-refractivity contribution in [1.29, 1.82) is 0 Å². The first kappa shape index (κ1) is 23.6. The maximum absolute atomic E-state index is 12.3. The molecule has 0 radical (unpaired) electrons. The van der Waals surface area contributed by atoms with Crippen LogP contribution in [0.4, 0.5) is 11.4 Å². The van der Waals surface area contributed by atoms with E-state index in [2.05, 4.69) is 10.3 Å². The Balaban J connectivity index is 1.71. The average Bonchev–Trinajstić information content (AvgIpc) is 2.75. The molecule has 1 N–H and O–H groups in total. The Morgan fingerprint density at radius 3 is 2.44 bits per heavy atom. The highest BCUT2D eigenvalue weighted by Crippen LogP contribution is 2.36. The Bertz CT molecular complexity index is 1130. The van der Waals surface area contributed by atoms with Crippen molar-refractivity contribution in [2.75, 3.05) is 18.5 Å². The van der Waals surface area contributed by atoms with E-state index in [0.29, 0.717) is 33.8 Å². The van der Waals surface area contributed by atoms with Crippen LogP contribution in [0, 0.1) is 13.8 Å². The predicted molar refractivity (Wildman–Crippen MR) is 131 cm³/mol. The summed E-state index contributed by atoms with van der Waals surface area (Å²) in [6, 6.07) is 16.7. The fourth-order valence-electron chi connectivity index (χ4n) is 2.85. The number of hydrogen-bond acceptors (Lipinski definition) is 4. The van der Waals surface area contributed by atoms with E-state index in [0.717, 1.165) is 16.8 Å². The van der Waals surface area contributed by atoms with Crippen molar-refractivity contribution in [3.8, 4) is 11.5 Å². The number of benzene rings is 3. The normalized spacial score (nSPS) is 10.9. The van der Waals surface area contributed by atoms with Crippen LogP contribution in [0.25, 0.3) is 0 Å². The van der Waals surface area contributed by atoms with Crippen molar-refractivity contribution in [3.05, 3.63) is 81.3 Å². The minimum Gasteiger partial charge on any atom is -0.490 e. The van der Waals surface area contributed by atoms with Gasteiger partial charge in [-0.05, 0) is 68.3 Å². The molecule has 0 unspecified atom stereocenters. The van der Waals surface area contributed by atoms with Gasteiger partial charge in [-0.1, -0.05) is 47.0 Å². The molecule has 3 rings (SSSR count). The lowest BCUT2D eigenvalue weighted by molar-refractivity contribution is -0.118. The van der Waals surface area contributed by atoms with Gasteiger partial charge >= 0.3 is 0 Å². The van der Waals surface area contributed by atoms with Crippen molar-refractivity contribution in [3.63, 3.8) is 0 Å². The van der Waals surface area contributed by atoms with E-state index < -0.39 is 0 Å². The highest BCUT2D eigenvalue weighted by Gasteiger charge is 2.14. The maximum atomic E-state index is 12.3. The quantitative estimate of drug-likeness (QED) is 0.369. The summed E-state index contributed by atoms with van der Waals surface area (Å²) in [5.74, 6) is 0.406. The van der Waals surface area contributed by atoms with E-state index >= 15 is 0 Å². The van der Waals surface area contributed by atoms with Crippen LogP contribution in [0.3, 0.4) is 0 Å². The molecule has 0 saturated carbocycles. The molecule has 3 aromatic carbocycles. The molecule has 1 amide bonds. The van der Waals surface area contributed by atoms with Crippen LogP contribution in [-0.4, -0.2) is 25.3 Å². The lowest BCUT2D eigenvalue weighted by Crippen LogP contribution is -2.20. The van der Waals surface area contributed by atoms with E-state index in [9.17, 15) is 4.79 Å².